The van der Waals surface area contributed by atoms with E-state index in [1.54, 1.807) is 18.2 Å². The van der Waals surface area contributed by atoms with E-state index < -0.39 is 12.5 Å². The Morgan fingerprint density at radius 2 is 1.83 bits per heavy atom. The van der Waals surface area contributed by atoms with E-state index in [1.807, 2.05) is 32.0 Å². The Balaban J connectivity index is 2.17. The second-order valence-corrected chi connectivity index (χ2v) is 11.2. The summed E-state index contributed by atoms with van der Waals surface area (Å²) in [6.07, 6.45) is -3.75. The number of rotatable bonds is 6. The largest absolute Gasteiger partial charge is 0.425 e. The van der Waals surface area contributed by atoms with Crippen molar-refractivity contribution in [2.24, 2.45) is 0 Å². The lowest BCUT2D eigenvalue weighted by molar-refractivity contribution is 0.208. The molecule has 1 heterocycles. The van der Waals surface area contributed by atoms with Gasteiger partial charge in [0.25, 0.3) is 0 Å². The number of benzene rings is 2. The topological polar surface area (TPSA) is 42.0 Å². The highest BCUT2D eigenvalue weighted by atomic mass is 35.5. The third-order valence-electron chi connectivity index (χ3n) is 4.51. The van der Waals surface area contributed by atoms with Crippen molar-refractivity contribution in [1.82, 2.24) is 0 Å². The first-order valence-electron chi connectivity index (χ1n) is 9.36. The Bertz CT molecular complexity index is 982. The molecule has 0 N–H and O–H groups in total. The molecule has 1 aliphatic rings. The fourth-order valence-corrected chi connectivity index (χ4v) is 7.29. The van der Waals surface area contributed by atoms with Gasteiger partial charge in [-0.1, -0.05) is 23.2 Å². The summed E-state index contributed by atoms with van der Waals surface area (Å²) in [6.45, 7) is 9.63. The number of hydrogen-bond acceptors (Lipinski definition) is 5. The van der Waals surface area contributed by atoms with Gasteiger partial charge in [0.1, 0.15) is 5.75 Å². The number of ether oxygens (including phenoxy) is 1. The van der Waals surface area contributed by atoms with Crippen LogP contribution in [-0.4, -0.2) is 25.3 Å². The van der Waals surface area contributed by atoms with Crippen LogP contribution < -0.4 is 19.6 Å². The molecular weight excluding hydrogens is 450 g/mol. The number of carbonyl (C=O) groups is 1. The maximum Gasteiger partial charge on any atom is 0.425 e. The average Bonchev–Trinajstić information content (AvgIpc) is 2.64. The molecule has 29 heavy (non-hydrogen) atoms. The summed E-state index contributed by atoms with van der Waals surface area (Å²) in [5.41, 5.74) is 1.46. The second-order valence-electron chi connectivity index (χ2n) is 6.78. The lowest BCUT2D eigenvalue weighted by atomic mass is 10.2. The van der Waals surface area contributed by atoms with E-state index in [9.17, 15) is 4.79 Å². The van der Waals surface area contributed by atoms with Gasteiger partial charge in [-0.05, 0) is 69.8 Å². The SMILES string of the molecule is CCN(CC)c1ccc2c(c1)OC(=O)N(c1ccc(Cl)c(Cl)c1)P2(=S)OC(C)C. The summed E-state index contributed by atoms with van der Waals surface area (Å²) in [5, 5.41) is 1.41. The van der Waals surface area contributed by atoms with Crippen molar-refractivity contribution in [2.75, 3.05) is 22.7 Å². The number of hydrogen-bond donors (Lipinski definition) is 0. The lowest BCUT2D eigenvalue weighted by Gasteiger charge is -2.39. The lowest BCUT2D eigenvalue weighted by Crippen LogP contribution is -2.41. The molecular formula is C20H23Cl2N2O3PS. The summed E-state index contributed by atoms with van der Waals surface area (Å²) in [7, 11) is 0. The van der Waals surface area contributed by atoms with Crippen LogP contribution in [0.2, 0.25) is 10.0 Å². The Kier molecular flexibility index (Phi) is 6.81. The average molecular weight is 473 g/mol. The highest BCUT2D eigenvalue weighted by molar-refractivity contribution is 8.17. The first-order valence-corrected chi connectivity index (χ1v) is 12.8. The number of fused-ring (bicyclic) bond motifs is 1. The molecule has 1 aliphatic heterocycles. The molecule has 0 saturated carbocycles. The zero-order chi connectivity index (χ0) is 21.3. The maximum absolute atomic E-state index is 13.1. The first-order chi connectivity index (χ1) is 13.7. The van der Waals surface area contributed by atoms with Crippen molar-refractivity contribution < 1.29 is 14.1 Å². The van der Waals surface area contributed by atoms with E-state index in [2.05, 4.69) is 18.7 Å². The predicted molar refractivity (Wildman–Crippen MR) is 125 cm³/mol. The number of carbonyl (C=O) groups excluding carboxylic acids is 1. The molecule has 0 saturated heterocycles. The Hall–Kier alpha value is -1.30. The fraction of sp³-hybridized carbons (Fsp3) is 0.350. The van der Waals surface area contributed by atoms with E-state index in [0.717, 1.165) is 18.8 Å². The first kappa shape index (κ1) is 22.4. The normalized spacial score (nSPS) is 18.6. The van der Waals surface area contributed by atoms with Crippen LogP contribution in [0.4, 0.5) is 16.2 Å². The molecule has 2 aromatic rings. The molecule has 1 amide bonds. The van der Waals surface area contributed by atoms with Crippen molar-refractivity contribution in [3.63, 3.8) is 0 Å². The quantitative estimate of drug-likeness (QED) is 0.466. The molecule has 3 rings (SSSR count). The molecule has 5 nitrogen and oxygen atoms in total. The molecule has 0 fully saturated rings. The van der Waals surface area contributed by atoms with Gasteiger partial charge in [0.05, 0.1) is 27.1 Å². The van der Waals surface area contributed by atoms with Crippen LogP contribution in [0.3, 0.4) is 0 Å². The van der Waals surface area contributed by atoms with Gasteiger partial charge in [-0.3, -0.25) is 0 Å². The standard InChI is InChI=1S/C20H23Cl2N2O3PS/c1-5-23(6-2)14-8-10-19-18(12-14)26-20(25)24(28(19,29)27-13(3)4)15-7-9-16(21)17(22)11-15/h7-13H,5-6H2,1-4H3. The van der Waals surface area contributed by atoms with Gasteiger partial charge < -0.3 is 14.2 Å². The molecule has 0 bridgehead atoms. The molecule has 0 spiro atoms. The van der Waals surface area contributed by atoms with Gasteiger partial charge in [-0.2, -0.15) is 0 Å². The van der Waals surface area contributed by atoms with Crippen molar-refractivity contribution in [2.45, 2.75) is 33.8 Å². The Morgan fingerprint density at radius 3 is 2.41 bits per heavy atom. The van der Waals surface area contributed by atoms with E-state index >= 15 is 0 Å². The number of halogens is 2. The number of anilines is 2. The van der Waals surface area contributed by atoms with Gasteiger partial charge in [0.15, 0.2) is 6.42 Å². The van der Waals surface area contributed by atoms with Crippen LogP contribution >= 0.6 is 29.6 Å². The predicted octanol–water partition coefficient (Wildman–Crippen LogP) is 6.22. The van der Waals surface area contributed by atoms with Gasteiger partial charge in [0.2, 0.25) is 0 Å². The van der Waals surface area contributed by atoms with Crippen LogP contribution in [0.25, 0.3) is 0 Å². The summed E-state index contributed by atoms with van der Waals surface area (Å²) in [5.74, 6) is 0.444. The minimum absolute atomic E-state index is 0.188. The molecule has 9 heteroatoms. The third kappa shape index (κ3) is 4.28. The van der Waals surface area contributed by atoms with Crippen molar-refractivity contribution in [1.29, 1.82) is 0 Å². The maximum atomic E-state index is 13.1. The number of nitrogens with zero attached hydrogens (tertiary/aromatic N) is 2. The van der Waals surface area contributed by atoms with Crippen LogP contribution in [0.5, 0.6) is 5.75 Å². The van der Waals surface area contributed by atoms with E-state index in [0.29, 0.717) is 26.8 Å². The highest BCUT2D eigenvalue weighted by Crippen LogP contribution is 2.58. The van der Waals surface area contributed by atoms with Gasteiger partial charge in [-0.15, -0.1) is 0 Å². The molecule has 1 atom stereocenters. The zero-order valence-corrected chi connectivity index (χ0v) is 19.9. The molecule has 1 unspecified atom stereocenters. The molecule has 0 aromatic heterocycles. The summed E-state index contributed by atoms with van der Waals surface area (Å²) in [4.78, 5) is 15.2. The van der Waals surface area contributed by atoms with Crippen molar-refractivity contribution in [3.05, 3.63) is 46.4 Å². The van der Waals surface area contributed by atoms with E-state index in [-0.39, 0.29) is 6.10 Å². The number of amides is 1. The molecule has 0 radical (unpaired) electrons. The Labute approximate surface area is 186 Å². The summed E-state index contributed by atoms with van der Waals surface area (Å²) < 4.78 is 13.3. The monoisotopic (exact) mass is 472 g/mol. The van der Waals surface area contributed by atoms with E-state index in [1.165, 1.54) is 4.67 Å². The van der Waals surface area contributed by atoms with Crippen LogP contribution in [-0.2, 0) is 16.3 Å². The third-order valence-corrected chi connectivity index (χ3v) is 9.20. The van der Waals surface area contributed by atoms with Crippen molar-refractivity contribution in [3.8, 4) is 5.75 Å². The van der Waals surface area contributed by atoms with Crippen LogP contribution in [0.1, 0.15) is 27.7 Å². The van der Waals surface area contributed by atoms with Gasteiger partial charge >= 0.3 is 6.09 Å². The summed E-state index contributed by atoms with van der Waals surface area (Å²) in [6, 6.07) is 10.7. The summed E-state index contributed by atoms with van der Waals surface area (Å²) >= 11 is 18.3. The van der Waals surface area contributed by atoms with Crippen molar-refractivity contribution >= 4 is 64.2 Å². The minimum Gasteiger partial charge on any atom is -0.409 e. The van der Waals surface area contributed by atoms with Crippen LogP contribution in [0.15, 0.2) is 36.4 Å². The smallest absolute Gasteiger partial charge is 0.409 e. The van der Waals surface area contributed by atoms with Gasteiger partial charge in [-0.25, -0.2) is 9.46 Å². The fourth-order valence-electron chi connectivity index (χ4n) is 3.22. The molecule has 156 valence electrons. The van der Waals surface area contributed by atoms with E-state index in [4.69, 9.17) is 44.3 Å². The Morgan fingerprint density at radius 1 is 1.14 bits per heavy atom. The minimum atomic E-state index is -2.98. The molecule has 0 aliphatic carbocycles. The zero-order valence-electron chi connectivity index (χ0n) is 16.7. The van der Waals surface area contributed by atoms with Crippen LogP contribution in [0, 0.1) is 0 Å². The second kappa shape index (κ2) is 8.83. The highest BCUT2D eigenvalue weighted by Gasteiger charge is 2.43. The van der Waals surface area contributed by atoms with Gasteiger partial charge in [0, 0.05) is 24.8 Å². The molecule has 2 aromatic carbocycles.